The van der Waals surface area contributed by atoms with Gasteiger partial charge in [-0.25, -0.2) is 0 Å². The number of anilines is 1. The lowest BCUT2D eigenvalue weighted by Gasteiger charge is -2.27. The Morgan fingerprint density at radius 2 is 1.88 bits per heavy atom. The molecule has 3 rings (SSSR count). The van der Waals surface area contributed by atoms with Crippen LogP contribution in [0.5, 0.6) is 5.75 Å². The van der Waals surface area contributed by atoms with Gasteiger partial charge in [-0.1, -0.05) is 23.4 Å². The molecule has 0 radical (unpaired) electrons. The molecule has 0 saturated heterocycles. The van der Waals surface area contributed by atoms with Crippen molar-refractivity contribution in [2.24, 2.45) is 4.99 Å². The molecule has 4 nitrogen and oxygen atoms in total. The van der Waals surface area contributed by atoms with Crippen molar-refractivity contribution in [2.75, 3.05) is 30.9 Å². The summed E-state index contributed by atoms with van der Waals surface area (Å²) in [6.45, 7) is 1.03. The normalized spacial score (nSPS) is 13.4. The number of hydrogen-bond donors (Lipinski definition) is 0. The molecule has 0 atom stereocenters. The van der Waals surface area contributed by atoms with Crippen LogP contribution in [0.25, 0.3) is 0 Å². The number of benzene rings is 2. The summed E-state index contributed by atoms with van der Waals surface area (Å²) in [6.07, 6.45) is 1.07. The van der Waals surface area contributed by atoms with E-state index >= 15 is 0 Å². The highest BCUT2D eigenvalue weighted by molar-refractivity contribution is 8.93. The third kappa shape index (κ3) is 5.25. The van der Waals surface area contributed by atoms with Crippen LogP contribution in [0.2, 0.25) is 5.02 Å². The van der Waals surface area contributed by atoms with Gasteiger partial charge in [-0.2, -0.15) is 0 Å². The van der Waals surface area contributed by atoms with E-state index in [4.69, 9.17) is 16.3 Å². The SMILES string of the molecule is Br.COc1ccc(N(CC(=O)c2ccc(Cl)cc2)C2=NCCCS2)cc1. The fourth-order valence-corrected chi connectivity index (χ4v) is 3.60. The lowest BCUT2D eigenvalue weighted by molar-refractivity contribution is 0.100. The molecule has 0 bridgehead atoms. The number of thioether (sulfide) groups is 1. The predicted octanol–water partition coefficient (Wildman–Crippen LogP) is 5.11. The predicted molar refractivity (Wildman–Crippen MR) is 116 cm³/mol. The summed E-state index contributed by atoms with van der Waals surface area (Å²) in [5, 5.41) is 1.51. The Kier molecular flexibility index (Phi) is 8.00. The Bertz CT molecular complexity index is 766. The average Bonchev–Trinajstić information content (AvgIpc) is 2.67. The van der Waals surface area contributed by atoms with Crippen LogP contribution in [-0.4, -0.2) is 36.9 Å². The summed E-state index contributed by atoms with van der Waals surface area (Å²) in [7, 11) is 1.64. The maximum atomic E-state index is 12.7. The maximum absolute atomic E-state index is 12.7. The number of rotatable bonds is 5. The Labute approximate surface area is 173 Å². The summed E-state index contributed by atoms with van der Waals surface area (Å²) in [6, 6.07) is 14.7. The Balaban J connectivity index is 0.00000243. The van der Waals surface area contributed by atoms with Gasteiger partial charge in [-0.3, -0.25) is 9.79 Å². The number of carbonyl (C=O) groups excluding carboxylic acids is 1. The molecule has 0 N–H and O–H groups in total. The topological polar surface area (TPSA) is 41.9 Å². The van der Waals surface area contributed by atoms with E-state index in [2.05, 4.69) is 4.99 Å². The smallest absolute Gasteiger partial charge is 0.182 e. The molecule has 1 aliphatic heterocycles. The lowest BCUT2D eigenvalue weighted by Crippen LogP contribution is -2.35. The highest BCUT2D eigenvalue weighted by Crippen LogP contribution is 2.25. The highest BCUT2D eigenvalue weighted by atomic mass is 79.9. The maximum Gasteiger partial charge on any atom is 0.182 e. The third-order valence-electron chi connectivity index (χ3n) is 3.86. The van der Waals surface area contributed by atoms with E-state index in [1.54, 1.807) is 43.1 Å². The number of amidine groups is 1. The van der Waals surface area contributed by atoms with Crippen molar-refractivity contribution in [3.05, 3.63) is 59.1 Å². The van der Waals surface area contributed by atoms with Crippen molar-refractivity contribution in [3.63, 3.8) is 0 Å². The van der Waals surface area contributed by atoms with Crippen molar-refractivity contribution in [3.8, 4) is 5.75 Å². The molecular formula is C19H20BrClN2O2S. The molecule has 2 aromatic rings. The first-order valence-corrected chi connectivity index (χ1v) is 9.41. The molecular weight excluding hydrogens is 436 g/mol. The van der Waals surface area contributed by atoms with Crippen molar-refractivity contribution in [1.29, 1.82) is 0 Å². The molecule has 138 valence electrons. The molecule has 0 aromatic heterocycles. The molecule has 1 heterocycles. The van der Waals surface area contributed by atoms with E-state index in [1.807, 2.05) is 29.2 Å². The summed E-state index contributed by atoms with van der Waals surface area (Å²) in [5.41, 5.74) is 1.57. The number of Topliss-reactive ketones (excluding diaryl/α,β-unsaturated/α-hetero) is 1. The second-order valence-electron chi connectivity index (χ2n) is 5.58. The van der Waals surface area contributed by atoms with Crippen LogP contribution in [0.15, 0.2) is 53.5 Å². The first kappa shape index (κ1) is 20.8. The Morgan fingerprint density at radius 3 is 2.46 bits per heavy atom. The van der Waals surface area contributed by atoms with Gasteiger partial charge in [0.05, 0.1) is 13.7 Å². The van der Waals surface area contributed by atoms with Crippen LogP contribution in [0.3, 0.4) is 0 Å². The largest absolute Gasteiger partial charge is 0.497 e. The number of nitrogens with zero attached hydrogens (tertiary/aromatic N) is 2. The lowest BCUT2D eigenvalue weighted by atomic mass is 10.1. The van der Waals surface area contributed by atoms with Gasteiger partial charge in [-0.15, -0.1) is 17.0 Å². The number of methoxy groups -OCH3 is 1. The second kappa shape index (κ2) is 10.00. The average molecular weight is 456 g/mol. The van der Waals surface area contributed by atoms with Crippen molar-refractivity contribution < 1.29 is 9.53 Å². The quantitative estimate of drug-likeness (QED) is 0.588. The van der Waals surface area contributed by atoms with Gasteiger partial charge in [0.2, 0.25) is 0 Å². The number of aliphatic imine (C=N–C) groups is 1. The molecule has 26 heavy (non-hydrogen) atoms. The van der Waals surface area contributed by atoms with Gasteiger partial charge in [0.1, 0.15) is 5.75 Å². The van der Waals surface area contributed by atoms with Crippen LogP contribution < -0.4 is 9.64 Å². The molecule has 0 amide bonds. The summed E-state index contributed by atoms with van der Waals surface area (Å²) in [5.74, 6) is 1.83. The fourth-order valence-electron chi connectivity index (χ4n) is 2.51. The van der Waals surface area contributed by atoms with Gasteiger partial charge in [0.25, 0.3) is 0 Å². The Hall–Kier alpha value is -1.50. The van der Waals surface area contributed by atoms with Gasteiger partial charge in [-0.05, 0) is 55.0 Å². The summed E-state index contributed by atoms with van der Waals surface area (Å²) < 4.78 is 5.22. The number of halogens is 2. The van der Waals surface area contributed by atoms with Crippen LogP contribution in [0.1, 0.15) is 16.8 Å². The number of ether oxygens (including phenoxy) is 1. The zero-order chi connectivity index (χ0) is 17.6. The van der Waals surface area contributed by atoms with E-state index in [-0.39, 0.29) is 29.3 Å². The van der Waals surface area contributed by atoms with Gasteiger partial charge in [0.15, 0.2) is 11.0 Å². The standard InChI is InChI=1S/C19H19ClN2O2S.BrH/c1-24-17-9-7-16(8-10-17)22(19-21-11-2-12-25-19)13-18(23)14-3-5-15(20)6-4-14;/h3-10H,2,11-13H2,1H3;1H. The summed E-state index contributed by atoms with van der Waals surface area (Å²) in [4.78, 5) is 19.3. The molecule has 1 aliphatic rings. The van der Waals surface area contributed by atoms with E-state index in [9.17, 15) is 4.79 Å². The first-order valence-electron chi connectivity index (χ1n) is 8.05. The van der Waals surface area contributed by atoms with E-state index in [0.717, 1.165) is 35.3 Å². The zero-order valence-electron chi connectivity index (χ0n) is 14.4. The van der Waals surface area contributed by atoms with Crippen molar-refractivity contribution in [1.82, 2.24) is 0 Å². The molecule has 2 aromatic carbocycles. The van der Waals surface area contributed by atoms with Crippen LogP contribution in [-0.2, 0) is 0 Å². The van der Waals surface area contributed by atoms with E-state index in [1.165, 1.54) is 0 Å². The monoisotopic (exact) mass is 454 g/mol. The Morgan fingerprint density at radius 1 is 1.19 bits per heavy atom. The van der Waals surface area contributed by atoms with Crippen molar-refractivity contribution >= 4 is 57.0 Å². The third-order valence-corrected chi connectivity index (χ3v) is 5.22. The molecule has 0 fully saturated rings. The summed E-state index contributed by atoms with van der Waals surface area (Å²) >= 11 is 7.60. The minimum absolute atomic E-state index is 0. The first-order chi connectivity index (χ1) is 12.2. The highest BCUT2D eigenvalue weighted by Gasteiger charge is 2.20. The molecule has 7 heteroatoms. The fraction of sp³-hybridized carbons (Fsp3) is 0.263. The molecule has 0 unspecified atom stereocenters. The molecule has 0 saturated carbocycles. The van der Waals surface area contributed by atoms with E-state index in [0.29, 0.717) is 10.6 Å². The van der Waals surface area contributed by atoms with Crippen LogP contribution in [0, 0.1) is 0 Å². The van der Waals surface area contributed by atoms with Crippen LogP contribution >= 0.6 is 40.3 Å². The van der Waals surface area contributed by atoms with E-state index < -0.39 is 0 Å². The number of carbonyl (C=O) groups is 1. The minimum Gasteiger partial charge on any atom is -0.497 e. The zero-order valence-corrected chi connectivity index (χ0v) is 17.6. The second-order valence-corrected chi connectivity index (χ2v) is 7.08. The number of hydrogen-bond acceptors (Lipinski definition) is 5. The minimum atomic E-state index is 0. The molecule has 0 spiro atoms. The van der Waals surface area contributed by atoms with Gasteiger partial charge >= 0.3 is 0 Å². The van der Waals surface area contributed by atoms with Gasteiger partial charge in [0, 0.05) is 28.6 Å². The van der Waals surface area contributed by atoms with Crippen LogP contribution in [0.4, 0.5) is 5.69 Å². The van der Waals surface area contributed by atoms with Gasteiger partial charge < -0.3 is 9.64 Å². The number of ketones is 1. The molecule has 0 aliphatic carbocycles. The van der Waals surface area contributed by atoms with Crippen molar-refractivity contribution in [2.45, 2.75) is 6.42 Å².